The molecule has 0 aliphatic rings. The SMILES string of the molecule is CC(CCCN)NS(=O)(=O)c1ccccc1. The number of sulfonamides is 1. The van der Waals surface area contributed by atoms with Crippen LogP contribution in [0, 0.1) is 0 Å². The summed E-state index contributed by atoms with van der Waals surface area (Å²) < 4.78 is 26.4. The van der Waals surface area contributed by atoms with Gasteiger partial charge in [0.15, 0.2) is 0 Å². The van der Waals surface area contributed by atoms with E-state index < -0.39 is 10.0 Å². The summed E-state index contributed by atoms with van der Waals surface area (Å²) in [7, 11) is -3.38. The van der Waals surface area contributed by atoms with Crippen molar-refractivity contribution in [3.8, 4) is 0 Å². The fraction of sp³-hybridized carbons (Fsp3) is 0.455. The number of hydrogen-bond acceptors (Lipinski definition) is 3. The van der Waals surface area contributed by atoms with Crippen molar-refractivity contribution in [2.45, 2.75) is 30.7 Å². The Kier molecular flexibility index (Phi) is 4.92. The van der Waals surface area contributed by atoms with Crippen LogP contribution in [-0.2, 0) is 10.0 Å². The second-order valence-corrected chi connectivity index (χ2v) is 5.48. The highest BCUT2D eigenvalue weighted by Crippen LogP contribution is 2.09. The van der Waals surface area contributed by atoms with E-state index in [4.69, 9.17) is 5.73 Å². The van der Waals surface area contributed by atoms with Crippen molar-refractivity contribution in [3.05, 3.63) is 30.3 Å². The summed E-state index contributed by atoms with van der Waals surface area (Å²) in [6, 6.07) is 8.28. The zero-order chi connectivity index (χ0) is 12.0. The van der Waals surface area contributed by atoms with Crippen LogP contribution in [0.25, 0.3) is 0 Å². The van der Waals surface area contributed by atoms with Gasteiger partial charge in [0, 0.05) is 6.04 Å². The highest BCUT2D eigenvalue weighted by Gasteiger charge is 2.16. The van der Waals surface area contributed by atoms with E-state index in [-0.39, 0.29) is 6.04 Å². The molecule has 4 nitrogen and oxygen atoms in total. The van der Waals surface area contributed by atoms with E-state index in [1.807, 2.05) is 6.92 Å². The molecular weight excluding hydrogens is 224 g/mol. The van der Waals surface area contributed by atoms with Crippen LogP contribution in [-0.4, -0.2) is 21.0 Å². The first-order valence-corrected chi connectivity index (χ1v) is 6.82. The lowest BCUT2D eigenvalue weighted by molar-refractivity contribution is 0.539. The van der Waals surface area contributed by atoms with Crippen LogP contribution in [0.15, 0.2) is 35.2 Å². The topological polar surface area (TPSA) is 72.2 Å². The average molecular weight is 242 g/mol. The number of nitrogens with one attached hydrogen (secondary N) is 1. The van der Waals surface area contributed by atoms with Crippen LogP contribution in [0.3, 0.4) is 0 Å². The molecule has 16 heavy (non-hydrogen) atoms. The lowest BCUT2D eigenvalue weighted by atomic mass is 10.2. The Morgan fingerprint density at radius 1 is 1.31 bits per heavy atom. The molecule has 0 aromatic heterocycles. The molecule has 1 aromatic carbocycles. The van der Waals surface area contributed by atoms with Gasteiger partial charge in [-0.2, -0.15) is 0 Å². The van der Waals surface area contributed by atoms with Crippen molar-refractivity contribution < 1.29 is 8.42 Å². The summed E-state index contributed by atoms with van der Waals surface area (Å²) in [5.74, 6) is 0. The van der Waals surface area contributed by atoms with E-state index in [2.05, 4.69) is 4.72 Å². The third kappa shape index (κ3) is 3.92. The summed E-state index contributed by atoms with van der Waals surface area (Å²) in [5.41, 5.74) is 5.37. The van der Waals surface area contributed by atoms with Gasteiger partial charge in [0.05, 0.1) is 4.90 Å². The molecular formula is C11H18N2O2S. The van der Waals surface area contributed by atoms with E-state index in [0.29, 0.717) is 11.4 Å². The van der Waals surface area contributed by atoms with Crippen molar-refractivity contribution in [1.82, 2.24) is 4.72 Å². The molecule has 0 heterocycles. The third-order valence-corrected chi connectivity index (χ3v) is 3.86. The van der Waals surface area contributed by atoms with Gasteiger partial charge in [0.1, 0.15) is 0 Å². The quantitative estimate of drug-likeness (QED) is 0.784. The molecule has 0 bridgehead atoms. The number of benzene rings is 1. The van der Waals surface area contributed by atoms with Crippen molar-refractivity contribution in [2.75, 3.05) is 6.54 Å². The van der Waals surface area contributed by atoms with E-state index in [1.54, 1.807) is 30.3 Å². The Balaban J connectivity index is 2.66. The zero-order valence-electron chi connectivity index (χ0n) is 9.39. The van der Waals surface area contributed by atoms with Crippen molar-refractivity contribution >= 4 is 10.0 Å². The molecule has 0 aliphatic carbocycles. The van der Waals surface area contributed by atoms with Crippen molar-refractivity contribution in [1.29, 1.82) is 0 Å². The smallest absolute Gasteiger partial charge is 0.240 e. The summed E-state index contributed by atoms with van der Waals surface area (Å²) in [4.78, 5) is 0.301. The van der Waals surface area contributed by atoms with Crippen LogP contribution in [0.1, 0.15) is 19.8 Å². The fourth-order valence-electron chi connectivity index (χ4n) is 1.42. The second-order valence-electron chi connectivity index (χ2n) is 3.77. The molecule has 1 rings (SSSR count). The Bertz CT molecular complexity index is 403. The Hall–Kier alpha value is -0.910. The van der Waals surface area contributed by atoms with Gasteiger partial charge in [-0.1, -0.05) is 18.2 Å². The molecule has 0 radical (unpaired) electrons. The van der Waals surface area contributed by atoms with Crippen molar-refractivity contribution in [2.24, 2.45) is 5.73 Å². The standard InChI is InChI=1S/C11H18N2O2S/c1-10(6-5-9-12)13-16(14,15)11-7-3-2-4-8-11/h2-4,7-8,10,13H,5-6,9,12H2,1H3. The maximum atomic E-state index is 11.9. The first kappa shape index (κ1) is 13.2. The van der Waals surface area contributed by atoms with E-state index in [1.165, 1.54) is 0 Å². The van der Waals surface area contributed by atoms with Gasteiger partial charge in [-0.05, 0) is 38.4 Å². The number of rotatable bonds is 6. The molecule has 0 spiro atoms. The number of nitrogens with two attached hydrogens (primary N) is 1. The summed E-state index contributed by atoms with van der Waals surface area (Å²) in [6.07, 6.45) is 1.57. The Morgan fingerprint density at radius 2 is 1.94 bits per heavy atom. The molecule has 3 N–H and O–H groups in total. The molecule has 0 fully saturated rings. The minimum absolute atomic E-state index is 0.0891. The molecule has 1 unspecified atom stereocenters. The lowest BCUT2D eigenvalue weighted by Crippen LogP contribution is -2.32. The molecule has 1 atom stereocenters. The van der Waals surface area contributed by atoms with E-state index >= 15 is 0 Å². The van der Waals surface area contributed by atoms with Gasteiger partial charge < -0.3 is 5.73 Å². The lowest BCUT2D eigenvalue weighted by Gasteiger charge is -2.13. The predicted octanol–water partition coefficient (Wildman–Crippen LogP) is 1.09. The van der Waals surface area contributed by atoms with Crippen LogP contribution >= 0.6 is 0 Å². The first-order valence-electron chi connectivity index (χ1n) is 5.33. The minimum atomic E-state index is -3.38. The summed E-state index contributed by atoms with van der Waals surface area (Å²) in [6.45, 7) is 2.42. The molecule has 0 amide bonds. The van der Waals surface area contributed by atoms with Crippen LogP contribution in [0.5, 0.6) is 0 Å². The minimum Gasteiger partial charge on any atom is -0.330 e. The monoisotopic (exact) mass is 242 g/mol. The first-order chi connectivity index (χ1) is 7.56. The fourth-order valence-corrected chi connectivity index (χ4v) is 2.71. The van der Waals surface area contributed by atoms with Crippen LogP contribution in [0.4, 0.5) is 0 Å². The molecule has 1 aromatic rings. The van der Waals surface area contributed by atoms with E-state index in [9.17, 15) is 8.42 Å². The maximum absolute atomic E-state index is 11.9. The third-order valence-electron chi connectivity index (χ3n) is 2.25. The predicted molar refractivity (Wildman–Crippen MR) is 64.5 cm³/mol. The summed E-state index contributed by atoms with van der Waals surface area (Å²) in [5, 5.41) is 0. The highest BCUT2D eigenvalue weighted by molar-refractivity contribution is 7.89. The van der Waals surface area contributed by atoms with Crippen LogP contribution < -0.4 is 10.5 Å². The highest BCUT2D eigenvalue weighted by atomic mass is 32.2. The molecule has 0 saturated heterocycles. The summed E-state index contributed by atoms with van der Waals surface area (Å²) >= 11 is 0. The van der Waals surface area contributed by atoms with Gasteiger partial charge in [0.2, 0.25) is 10.0 Å². The molecule has 5 heteroatoms. The van der Waals surface area contributed by atoms with Crippen molar-refractivity contribution in [3.63, 3.8) is 0 Å². The Morgan fingerprint density at radius 3 is 2.50 bits per heavy atom. The molecule has 90 valence electrons. The zero-order valence-corrected chi connectivity index (χ0v) is 10.2. The molecule has 0 saturated carbocycles. The largest absolute Gasteiger partial charge is 0.330 e. The number of hydrogen-bond donors (Lipinski definition) is 2. The van der Waals surface area contributed by atoms with Gasteiger partial charge in [-0.25, -0.2) is 13.1 Å². The van der Waals surface area contributed by atoms with E-state index in [0.717, 1.165) is 12.8 Å². The van der Waals surface area contributed by atoms with Gasteiger partial charge >= 0.3 is 0 Å². The second kappa shape index (κ2) is 5.98. The van der Waals surface area contributed by atoms with Gasteiger partial charge in [-0.3, -0.25) is 0 Å². The normalized spacial score (nSPS) is 13.6. The maximum Gasteiger partial charge on any atom is 0.240 e. The average Bonchev–Trinajstić information content (AvgIpc) is 2.27. The van der Waals surface area contributed by atoms with Crippen LogP contribution in [0.2, 0.25) is 0 Å². The molecule has 0 aliphatic heterocycles. The van der Waals surface area contributed by atoms with Gasteiger partial charge in [-0.15, -0.1) is 0 Å². The van der Waals surface area contributed by atoms with Gasteiger partial charge in [0.25, 0.3) is 0 Å². The Labute approximate surface area is 96.9 Å².